The van der Waals surface area contributed by atoms with E-state index in [4.69, 9.17) is 9.79 Å². The second-order valence-corrected chi connectivity index (χ2v) is 15.4. The molecule has 14 heteroatoms. The van der Waals surface area contributed by atoms with Crippen molar-refractivity contribution in [3.05, 3.63) is 69.0 Å². The highest BCUT2D eigenvalue weighted by molar-refractivity contribution is 9.10. The van der Waals surface area contributed by atoms with Crippen LogP contribution in [0.5, 0.6) is 0 Å². The Morgan fingerprint density at radius 2 is 1.79 bits per heavy atom. The molecule has 1 aliphatic rings. The molecule has 0 aliphatic carbocycles. The van der Waals surface area contributed by atoms with Gasteiger partial charge in [0, 0.05) is 34.9 Å². The number of likely N-dealkylation sites (N-methyl/N-ethyl adjacent to an activating group) is 1. The van der Waals surface area contributed by atoms with Crippen LogP contribution in [0.25, 0.3) is 10.1 Å². The highest BCUT2D eigenvalue weighted by atomic mass is 79.9. The van der Waals surface area contributed by atoms with Gasteiger partial charge in [0.1, 0.15) is 12.1 Å². The first-order chi connectivity index (χ1) is 19.9. The van der Waals surface area contributed by atoms with Crippen molar-refractivity contribution in [1.82, 2.24) is 15.1 Å². The van der Waals surface area contributed by atoms with E-state index in [9.17, 15) is 27.7 Å². The minimum Gasteiger partial charge on any atom is -0.340 e. The average Bonchev–Trinajstić information content (AvgIpc) is 3.58. The van der Waals surface area contributed by atoms with Crippen LogP contribution < -0.4 is 5.32 Å². The molecule has 4 rings (SSSR count). The molecule has 3 amide bonds. The molecule has 2 atom stereocenters. The number of thiophene rings is 1. The average molecular weight is 701 g/mol. The third-order valence-electron chi connectivity index (χ3n) is 7.37. The van der Waals surface area contributed by atoms with Gasteiger partial charge in [-0.3, -0.25) is 18.9 Å². The van der Waals surface area contributed by atoms with Gasteiger partial charge in [0.05, 0.1) is 4.88 Å². The summed E-state index contributed by atoms with van der Waals surface area (Å²) in [5, 5.41) is 3.00. The van der Waals surface area contributed by atoms with E-state index in [1.165, 1.54) is 17.0 Å². The van der Waals surface area contributed by atoms with Crippen molar-refractivity contribution in [2.75, 3.05) is 13.6 Å². The fraction of sp³-hybridized carbons (Fsp3) is 0.414. The molecule has 2 heterocycles. The third-order valence-corrected chi connectivity index (χ3v) is 10.0. The molecule has 1 aromatic heterocycles. The molecule has 0 radical (unpaired) electrons. The van der Waals surface area contributed by atoms with Crippen LogP contribution >= 0.6 is 34.9 Å². The first kappa shape index (κ1) is 33.2. The maximum atomic E-state index is 14.2. The molecule has 3 aromatic rings. The van der Waals surface area contributed by atoms with E-state index in [0.717, 1.165) is 33.5 Å². The monoisotopic (exact) mass is 699 g/mol. The maximum absolute atomic E-state index is 14.2. The van der Waals surface area contributed by atoms with Gasteiger partial charge in [0.2, 0.25) is 11.8 Å². The lowest BCUT2D eigenvalue weighted by Gasteiger charge is -2.36. The van der Waals surface area contributed by atoms with E-state index in [2.05, 4.69) is 21.2 Å². The SMILES string of the molecule is CN(Cc1ccc(Br)cc1)C(=O)C1CCCN1C(=O)C(NC(=O)c1cc2cc(C(F)(F)P(=O)(O)O)ccc2s1)C(C)(C)C. The lowest BCUT2D eigenvalue weighted by atomic mass is 9.85. The van der Waals surface area contributed by atoms with Gasteiger partial charge in [-0.15, -0.1) is 11.3 Å². The lowest BCUT2D eigenvalue weighted by Crippen LogP contribution is -2.57. The fourth-order valence-electron chi connectivity index (χ4n) is 5.01. The second kappa shape index (κ2) is 12.4. The summed E-state index contributed by atoms with van der Waals surface area (Å²) in [6.07, 6.45) is 1.13. The number of halogens is 3. The van der Waals surface area contributed by atoms with Gasteiger partial charge in [0.15, 0.2) is 0 Å². The molecular weight excluding hydrogens is 667 g/mol. The van der Waals surface area contributed by atoms with Gasteiger partial charge < -0.3 is 24.9 Å². The van der Waals surface area contributed by atoms with E-state index >= 15 is 0 Å². The summed E-state index contributed by atoms with van der Waals surface area (Å²) in [6.45, 7) is 6.12. The summed E-state index contributed by atoms with van der Waals surface area (Å²) in [4.78, 5) is 62.1. The Bertz CT molecular complexity index is 1590. The number of likely N-dealkylation sites (tertiary alicyclic amines) is 1. The van der Waals surface area contributed by atoms with Gasteiger partial charge in [-0.1, -0.05) is 54.9 Å². The molecule has 9 nitrogen and oxygen atoms in total. The molecule has 3 N–H and O–H groups in total. The summed E-state index contributed by atoms with van der Waals surface area (Å²) in [6, 6.07) is 10.4. The van der Waals surface area contributed by atoms with E-state index in [-0.39, 0.29) is 16.2 Å². The Kier molecular flexibility index (Phi) is 9.54. The first-order valence-corrected chi connectivity index (χ1v) is 16.7. The topological polar surface area (TPSA) is 127 Å². The van der Waals surface area contributed by atoms with E-state index in [0.29, 0.717) is 30.6 Å². The maximum Gasteiger partial charge on any atom is 0.399 e. The number of rotatable bonds is 8. The number of hydrogen-bond acceptors (Lipinski definition) is 5. The van der Waals surface area contributed by atoms with Crippen molar-refractivity contribution in [3.63, 3.8) is 0 Å². The van der Waals surface area contributed by atoms with Gasteiger partial charge in [-0.2, -0.15) is 8.78 Å². The summed E-state index contributed by atoms with van der Waals surface area (Å²) < 4.78 is 41.2. The van der Waals surface area contributed by atoms with Crippen LogP contribution in [-0.4, -0.2) is 63.0 Å². The Morgan fingerprint density at radius 3 is 2.40 bits per heavy atom. The zero-order valence-electron chi connectivity index (χ0n) is 24.0. The number of alkyl halides is 2. The van der Waals surface area contributed by atoms with Gasteiger partial charge >= 0.3 is 13.3 Å². The molecule has 0 spiro atoms. The molecule has 0 saturated carbocycles. The van der Waals surface area contributed by atoms with Crippen LogP contribution in [0.1, 0.15) is 54.4 Å². The Labute approximate surface area is 260 Å². The number of nitrogens with one attached hydrogen (secondary N) is 1. The van der Waals surface area contributed by atoms with E-state index < -0.39 is 48.1 Å². The molecule has 0 bridgehead atoms. The minimum atomic E-state index is -5.76. The van der Waals surface area contributed by atoms with Crippen molar-refractivity contribution in [2.24, 2.45) is 5.41 Å². The zero-order chi connectivity index (χ0) is 31.9. The van der Waals surface area contributed by atoms with Crippen LogP contribution in [0.3, 0.4) is 0 Å². The van der Waals surface area contributed by atoms with Crippen molar-refractivity contribution < 1.29 is 37.5 Å². The van der Waals surface area contributed by atoms with Crippen LogP contribution in [0.15, 0.2) is 53.0 Å². The summed E-state index contributed by atoms with van der Waals surface area (Å²) in [7, 11) is -4.07. The number of hydrogen-bond donors (Lipinski definition) is 3. The summed E-state index contributed by atoms with van der Waals surface area (Å²) >= 11 is 4.40. The lowest BCUT2D eigenvalue weighted by molar-refractivity contribution is -0.145. The molecular formula is C29H33BrF2N3O6PS. The first-order valence-electron chi connectivity index (χ1n) is 13.5. The molecule has 1 saturated heterocycles. The predicted molar refractivity (Wildman–Crippen MR) is 164 cm³/mol. The van der Waals surface area contributed by atoms with Crippen molar-refractivity contribution in [1.29, 1.82) is 0 Å². The van der Waals surface area contributed by atoms with Crippen LogP contribution in [0, 0.1) is 5.41 Å². The summed E-state index contributed by atoms with van der Waals surface area (Å²) in [5.41, 5.74) is -5.04. The highest BCUT2D eigenvalue weighted by Gasteiger charge is 2.50. The van der Waals surface area contributed by atoms with Crippen LogP contribution in [-0.2, 0) is 26.4 Å². The van der Waals surface area contributed by atoms with Gasteiger partial charge in [0.25, 0.3) is 5.91 Å². The molecule has 43 heavy (non-hydrogen) atoms. The Balaban J connectivity index is 1.52. The van der Waals surface area contributed by atoms with Crippen molar-refractivity contribution in [2.45, 2.75) is 57.9 Å². The number of fused-ring (bicyclic) bond motifs is 1. The van der Waals surface area contributed by atoms with E-state index in [1.807, 2.05) is 24.3 Å². The van der Waals surface area contributed by atoms with Gasteiger partial charge in [-0.05, 0) is 59.5 Å². The smallest absolute Gasteiger partial charge is 0.340 e. The highest BCUT2D eigenvalue weighted by Crippen LogP contribution is 2.59. The van der Waals surface area contributed by atoms with E-state index in [1.54, 1.807) is 32.7 Å². The molecule has 2 unspecified atom stereocenters. The molecule has 2 aromatic carbocycles. The third kappa shape index (κ3) is 7.17. The number of carbonyl (C=O) groups is 3. The zero-order valence-corrected chi connectivity index (χ0v) is 27.3. The molecule has 1 aliphatic heterocycles. The number of benzene rings is 2. The normalized spacial score (nSPS) is 16.8. The number of nitrogens with zero attached hydrogens (tertiary/aromatic N) is 2. The minimum absolute atomic E-state index is 0.136. The van der Waals surface area contributed by atoms with Crippen molar-refractivity contribution >= 4 is 62.7 Å². The Hall–Kier alpha value is -2.70. The van der Waals surface area contributed by atoms with Crippen molar-refractivity contribution in [3.8, 4) is 0 Å². The number of carbonyl (C=O) groups excluding carboxylic acids is 3. The second-order valence-electron chi connectivity index (χ2n) is 11.7. The molecule has 232 valence electrons. The van der Waals surface area contributed by atoms with Gasteiger partial charge in [-0.25, -0.2) is 0 Å². The Morgan fingerprint density at radius 1 is 1.14 bits per heavy atom. The molecule has 1 fully saturated rings. The standard InChI is InChI=1S/C29H33BrF2N3O6PS/c1-28(2,3)24(27(38)35-13-5-6-21(35)26(37)34(4)16-17-7-10-20(30)11-8-17)33-25(36)23-15-18-14-19(9-12-22(18)43-23)29(31,32)42(39,40)41/h7-12,14-15,21,24H,5-6,13,16H2,1-4H3,(H,33,36)(H2,39,40,41). The van der Waals surface area contributed by atoms with Crippen LogP contribution in [0.2, 0.25) is 0 Å². The fourth-order valence-corrected chi connectivity index (χ4v) is 6.70. The van der Waals surface area contributed by atoms with Crippen LogP contribution in [0.4, 0.5) is 8.78 Å². The summed E-state index contributed by atoms with van der Waals surface area (Å²) in [5.74, 6) is -1.19. The largest absolute Gasteiger partial charge is 0.399 e. The predicted octanol–water partition coefficient (Wildman–Crippen LogP) is 5.68. The quantitative estimate of drug-likeness (QED) is 0.260. The number of amides is 3.